The molecular formula is C16H31NO3. The smallest absolute Gasteiger partial charge is 0.308 e. The van der Waals surface area contributed by atoms with Crippen molar-refractivity contribution in [1.29, 1.82) is 0 Å². The van der Waals surface area contributed by atoms with Crippen molar-refractivity contribution in [2.24, 2.45) is 5.92 Å². The van der Waals surface area contributed by atoms with Gasteiger partial charge in [-0.1, -0.05) is 13.8 Å². The van der Waals surface area contributed by atoms with Gasteiger partial charge in [0.2, 0.25) is 0 Å². The van der Waals surface area contributed by atoms with Crippen LogP contribution in [-0.2, 0) is 9.53 Å². The van der Waals surface area contributed by atoms with E-state index in [1.807, 2.05) is 6.92 Å². The van der Waals surface area contributed by atoms with Crippen molar-refractivity contribution in [3.63, 3.8) is 0 Å². The van der Waals surface area contributed by atoms with Gasteiger partial charge in [0.05, 0.1) is 18.1 Å². The number of aliphatic hydroxyl groups is 1. The van der Waals surface area contributed by atoms with Gasteiger partial charge in [0.1, 0.15) is 0 Å². The fourth-order valence-electron chi connectivity index (χ4n) is 3.31. The van der Waals surface area contributed by atoms with Crippen LogP contribution in [0, 0.1) is 5.92 Å². The molecule has 0 aliphatic heterocycles. The van der Waals surface area contributed by atoms with E-state index in [1.54, 1.807) is 0 Å². The number of carbonyl (C=O) groups is 1. The van der Waals surface area contributed by atoms with Crippen LogP contribution in [0.3, 0.4) is 0 Å². The zero-order valence-electron chi connectivity index (χ0n) is 13.5. The van der Waals surface area contributed by atoms with E-state index in [2.05, 4.69) is 25.8 Å². The number of hydrogen-bond donors (Lipinski definition) is 1. The molecule has 0 aromatic carbocycles. The summed E-state index contributed by atoms with van der Waals surface area (Å²) in [5, 5.41) is 10.7. The molecule has 20 heavy (non-hydrogen) atoms. The molecule has 1 fully saturated rings. The van der Waals surface area contributed by atoms with Gasteiger partial charge in [-0.05, 0) is 52.5 Å². The van der Waals surface area contributed by atoms with E-state index < -0.39 is 5.60 Å². The Morgan fingerprint density at radius 1 is 1.30 bits per heavy atom. The highest BCUT2D eigenvalue weighted by atomic mass is 16.5. The summed E-state index contributed by atoms with van der Waals surface area (Å²) in [5.74, 6) is -0.114. The highest BCUT2D eigenvalue weighted by Crippen LogP contribution is 2.33. The number of ether oxygens (including phenoxy) is 1. The molecule has 1 rings (SSSR count). The lowest BCUT2D eigenvalue weighted by atomic mass is 9.78. The molecule has 0 atom stereocenters. The third kappa shape index (κ3) is 4.74. The van der Waals surface area contributed by atoms with Gasteiger partial charge >= 0.3 is 5.97 Å². The van der Waals surface area contributed by atoms with Gasteiger partial charge in [-0.15, -0.1) is 0 Å². The Labute approximate surface area is 123 Å². The van der Waals surface area contributed by atoms with Crippen molar-refractivity contribution in [3.8, 4) is 0 Å². The van der Waals surface area contributed by atoms with Gasteiger partial charge in [0, 0.05) is 12.6 Å². The Bertz CT molecular complexity index is 294. The first-order chi connectivity index (χ1) is 9.45. The zero-order valence-corrected chi connectivity index (χ0v) is 13.5. The maximum atomic E-state index is 11.7. The summed E-state index contributed by atoms with van der Waals surface area (Å²) in [6, 6.07) is 0.529. The number of hydrogen-bond acceptors (Lipinski definition) is 4. The molecule has 0 radical (unpaired) electrons. The molecule has 0 aromatic heterocycles. The minimum Gasteiger partial charge on any atom is -0.466 e. The van der Waals surface area contributed by atoms with Crippen molar-refractivity contribution in [3.05, 3.63) is 0 Å². The lowest BCUT2D eigenvalue weighted by molar-refractivity contribution is -0.151. The average molecular weight is 285 g/mol. The van der Waals surface area contributed by atoms with E-state index in [4.69, 9.17) is 4.74 Å². The van der Waals surface area contributed by atoms with Crippen LogP contribution >= 0.6 is 0 Å². The topological polar surface area (TPSA) is 49.8 Å². The van der Waals surface area contributed by atoms with E-state index >= 15 is 0 Å². The van der Waals surface area contributed by atoms with Crippen LogP contribution in [0.5, 0.6) is 0 Å². The largest absolute Gasteiger partial charge is 0.466 e. The highest BCUT2D eigenvalue weighted by Gasteiger charge is 2.37. The molecule has 118 valence electrons. The zero-order chi connectivity index (χ0) is 15.2. The third-order valence-corrected chi connectivity index (χ3v) is 4.65. The second-order valence-corrected chi connectivity index (χ2v) is 6.14. The first-order valence-corrected chi connectivity index (χ1v) is 8.05. The van der Waals surface area contributed by atoms with Gasteiger partial charge in [-0.2, -0.15) is 0 Å². The summed E-state index contributed by atoms with van der Waals surface area (Å²) in [7, 11) is 2.09. The molecule has 0 saturated heterocycles. The first-order valence-electron chi connectivity index (χ1n) is 8.05. The maximum absolute atomic E-state index is 11.7. The number of nitrogens with zero attached hydrogens (tertiary/aromatic N) is 1. The molecule has 0 spiro atoms. The van der Waals surface area contributed by atoms with Crippen molar-refractivity contribution in [2.75, 3.05) is 20.2 Å². The first kappa shape index (κ1) is 17.4. The van der Waals surface area contributed by atoms with Gasteiger partial charge in [-0.25, -0.2) is 0 Å². The van der Waals surface area contributed by atoms with Gasteiger partial charge < -0.3 is 14.7 Å². The Morgan fingerprint density at radius 3 is 2.30 bits per heavy atom. The number of esters is 1. The Hall–Kier alpha value is -0.610. The van der Waals surface area contributed by atoms with Crippen LogP contribution in [0.2, 0.25) is 0 Å². The second-order valence-electron chi connectivity index (χ2n) is 6.14. The molecular weight excluding hydrogens is 254 g/mol. The van der Waals surface area contributed by atoms with Crippen molar-refractivity contribution in [2.45, 2.75) is 70.9 Å². The van der Waals surface area contributed by atoms with E-state index in [0.29, 0.717) is 32.0 Å². The van der Waals surface area contributed by atoms with Crippen LogP contribution in [-0.4, -0.2) is 47.8 Å². The van der Waals surface area contributed by atoms with Gasteiger partial charge in [0.25, 0.3) is 0 Å². The average Bonchev–Trinajstić information content (AvgIpc) is 2.40. The normalized spacial score (nSPS) is 27.1. The molecule has 1 saturated carbocycles. The summed E-state index contributed by atoms with van der Waals surface area (Å²) < 4.78 is 5.07. The SMILES string of the molecule is CCOC(=O)C1CCC(O)(CN(C)C(CC)CC)CC1. The molecule has 4 heteroatoms. The standard InChI is InChI=1S/C16H31NO3/c1-5-14(6-2)17(4)12-16(19)10-8-13(9-11-16)15(18)20-7-3/h13-14,19H,5-12H2,1-4H3. The monoisotopic (exact) mass is 285 g/mol. The van der Waals surface area contributed by atoms with Crippen LogP contribution in [0.4, 0.5) is 0 Å². The lowest BCUT2D eigenvalue weighted by Gasteiger charge is -2.40. The molecule has 0 heterocycles. The maximum Gasteiger partial charge on any atom is 0.308 e. The van der Waals surface area contributed by atoms with Gasteiger partial charge in [-0.3, -0.25) is 4.79 Å². The third-order valence-electron chi connectivity index (χ3n) is 4.65. The predicted molar refractivity (Wildman–Crippen MR) is 80.5 cm³/mol. The Balaban J connectivity index is 2.47. The molecule has 1 aliphatic rings. The molecule has 4 nitrogen and oxygen atoms in total. The van der Waals surface area contributed by atoms with E-state index in [9.17, 15) is 9.90 Å². The summed E-state index contributed by atoms with van der Waals surface area (Å²) >= 11 is 0. The van der Waals surface area contributed by atoms with E-state index in [1.165, 1.54) is 0 Å². The molecule has 0 amide bonds. The Morgan fingerprint density at radius 2 is 1.85 bits per heavy atom. The summed E-state index contributed by atoms with van der Waals surface area (Å²) in [4.78, 5) is 14.0. The molecule has 0 unspecified atom stereocenters. The van der Waals surface area contributed by atoms with Gasteiger partial charge in [0.15, 0.2) is 0 Å². The number of rotatable bonds is 7. The minimum absolute atomic E-state index is 0.0197. The molecule has 0 aromatic rings. The molecule has 1 aliphatic carbocycles. The minimum atomic E-state index is -0.639. The molecule has 1 N–H and O–H groups in total. The van der Waals surface area contributed by atoms with Crippen molar-refractivity contribution < 1.29 is 14.6 Å². The fraction of sp³-hybridized carbons (Fsp3) is 0.938. The van der Waals surface area contributed by atoms with Crippen LogP contribution in [0.25, 0.3) is 0 Å². The van der Waals surface area contributed by atoms with E-state index in [0.717, 1.165) is 25.7 Å². The summed E-state index contributed by atoms with van der Waals surface area (Å²) in [5.41, 5.74) is -0.639. The van der Waals surface area contributed by atoms with Crippen LogP contribution in [0.1, 0.15) is 59.3 Å². The number of carbonyl (C=O) groups excluding carboxylic acids is 1. The van der Waals surface area contributed by atoms with Crippen LogP contribution < -0.4 is 0 Å². The lowest BCUT2D eigenvalue weighted by Crippen LogP contribution is -2.47. The molecule has 0 bridgehead atoms. The second kappa shape index (κ2) is 7.99. The summed E-state index contributed by atoms with van der Waals surface area (Å²) in [6.45, 7) is 7.35. The highest BCUT2D eigenvalue weighted by molar-refractivity contribution is 5.72. The van der Waals surface area contributed by atoms with E-state index in [-0.39, 0.29) is 11.9 Å². The quantitative estimate of drug-likeness (QED) is 0.731. The predicted octanol–water partition coefficient (Wildman–Crippen LogP) is 2.59. The Kier molecular flexibility index (Phi) is 6.96. The fourth-order valence-corrected chi connectivity index (χ4v) is 3.31. The van der Waals surface area contributed by atoms with Crippen molar-refractivity contribution in [1.82, 2.24) is 4.90 Å². The van der Waals surface area contributed by atoms with Crippen LogP contribution in [0.15, 0.2) is 0 Å². The van der Waals surface area contributed by atoms with Crippen molar-refractivity contribution >= 4 is 5.97 Å². The summed E-state index contributed by atoms with van der Waals surface area (Å²) in [6.07, 6.45) is 5.09. The number of likely N-dealkylation sites (N-methyl/N-ethyl adjacent to an activating group) is 1.